The summed E-state index contributed by atoms with van der Waals surface area (Å²) in [6.07, 6.45) is 1.17. The molecule has 0 aromatic heterocycles. The Morgan fingerprint density at radius 3 is 1.88 bits per heavy atom. The Hall–Kier alpha value is -2.17. The molecule has 24 heavy (non-hydrogen) atoms. The van der Waals surface area contributed by atoms with E-state index in [9.17, 15) is 4.79 Å². The standard InChI is InChI=1S/C20H24N2O2/c23-20(24)19-9-7-18(8-10-19)16-22-12-4-11-21(13-14-22)15-17-5-2-1-3-6-17/h1-3,5-10H,4,11-16H2,(H,23,24). The van der Waals surface area contributed by atoms with Crippen molar-refractivity contribution in [3.05, 3.63) is 71.3 Å². The fraction of sp³-hybridized carbons (Fsp3) is 0.350. The summed E-state index contributed by atoms with van der Waals surface area (Å²) in [7, 11) is 0. The van der Waals surface area contributed by atoms with Gasteiger partial charge >= 0.3 is 5.97 Å². The summed E-state index contributed by atoms with van der Waals surface area (Å²) in [5.74, 6) is -0.868. The van der Waals surface area contributed by atoms with Crippen molar-refractivity contribution in [2.75, 3.05) is 26.2 Å². The maximum Gasteiger partial charge on any atom is 0.335 e. The van der Waals surface area contributed by atoms with E-state index in [2.05, 4.69) is 40.1 Å². The first kappa shape index (κ1) is 16.7. The van der Waals surface area contributed by atoms with Crippen LogP contribution in [0.4, 0.5) is 0 Å². The minimum atomic E-state index is -0.868. The predicted octanol–water partition coefficient (Wildman–Crippen LogP) is 3.09. The van der Waals surface area contributed by atoms with E-state index in [0.29, 0.717) is 5.56 Å². The fourth-order valence-electron chi connectivity index (χ4n) is 3.19. The Bertz CT molecular complexity index is 655. The Morgan fingerprint density at radius 1 is 0.792 bits per heavy atom. The second-order valence-electron chi connectivity index (χ2n) is 6.39. The maximum atomic E-state index is 10.9. The topological polar surface area (TPSA) is 43.8 Å². The number of hydrogen-bond acceptors (Lipinski definition) is 3. The highest BCUT2D eigenvalue weighted by molar-refractivity contribution is 5.87. The Kier molecular flexibility index (Phi) is 5.62. The first-order valence-electron chi connectivity index (χ1n) is 8.51. The second-order valence-corrected chi connectivity index (χ2v) is 6.39. The van der Waals surface area contributed by atoms with Gasteiger partial charge < -0.3 is 5.11 Å². The van der Waals surface area contributed by atoms with Crippen molar-refractivity contribution in [3.8, 4) is 0 Å². The van der Waals surface area contributed by atoms with Gasteiger partial charge in [0, 0.05) is 26.2 Å². The van der Waals surface area contributed by atoms with Gasteiger partial charge in [-0.15, -0.1) is 0 Å². The molecular formula is C20H24N2O2. The summed E-state index contributed by atoms with van der Waals surface area (Å²) in [5.41, 5.74) is 2.90. The van der Waals surface area contributed by atoms with Crippen molar-refractivity contribution < 1.29 is 9.90 Å². The van der Waals surface area contributed by atoms with E-state index in [1.54, 1.807) is 12.1 Å². The lowest BCUT2D eigenvalue weighted by Crippen LogP contribution is -2.30. The van der Waals surface area contributed by atoms with Gasteiger partial charge in [0.05, 0.1) is 5.56 Å². The number of carbonyl (C=O) groups is 1. The van der Waals surface area contributed by atoms with E-state index in [-0.39, 0.29) is 0 Å². The third-order valence-corrected chi connectivity index (χ3v) is 4.54. The number of aromatic carboxylic acids is 1. The normalized spacial score (nSPS) is 16.7. The molecule has 4 nitrogen and oxygen atoms in total. The average molecular weight is 324 g/mol. The van der Waals surface area contributed by atoms with Crippen molar-refractivity contribution >= 4 is 5.97 Å². The molecule has 1 fully saturated rings. The average Bonchev–Trinajstić information content (AvgIpc) is 2.82. The van der Waals surface area contributed by atoms with Crippen LogP contribution in [-0.4, -0.2) is 47.1 Å². The summed E-state index contributed by atoms with van der Waals surface area (Å²) in [4.78, 5) is 15.9. The van der Waals surface area contributed by atoms with E-state index in [1.807, 2.05) is 12.1 Å². The number of carboxylic acid groups (broad SMARTS) is 1. The number of hydrogen-bond donors (Lipinski definition) is 1. The molecule has 2 aromatic rings. The largest absolute Gasteiger partial charge is 0.478 e. The molecule has 0 radical (unpaired) electrons. The first-order valence-corrected chi connectivity index (χ1v) is 8.51. The molecule has 1 heterocycles. The quantitative estimate of drug-likeness (QED) is 0.918. The minimum absolute atomic E-state index is 0.351. The first-order chi connectivity index (χ1) is 11.7. The monoisotopic (exact) mass is 324 g/mol. The van der Waals surface area contributed by atoms with Crippen molar-refractivity contribution in [2.45, 2.75) is 19.5 Å². The van der Waals surface area contributed by atoms with E-state index in [4.69, 9.17) is 5.11 Å². The van der Waals surface area contributed by atoms with Gasteiger partial charge in [-0.25, -0.2) is 4.79 Å². The van der Waals surface area contributed by atoms with Crippen LogP contribution in [0.3, 0.4) is 0 Å². The molecular weight excluding hydrogens is 300 g/mol. The number of benzene rings is 2. The highest BCUT2D eigenvalue weighted by Crippen LogP contribution is 2.12. The van der Waals surface area contributed by atoms with Gasteiger partial charge in [0.25, 0.3) is 0 Å². The molecule has 1 N–H and O–H groups in total. The lowest BCUT2D eigenvalue weighted by Gasteiger charge is -2.22. The van der Waals surface area contributed by atoms with Gasteiger partial charge in [-0.1, -0.05) is 42.5 Å². The van der Waals surface area contributed by atoms with Gasteiger partial charge in [-0.2, -0.15) is 0 Å². The van der Waals surface area contributed by atoms with Crippen molar-refractivity contribution in [1.82, 2.24) is 9.80 Å². The highest BCUT2D eigenvalue weighted by Gasteiger charge is 2.15. The molecule has 3 rings (SSSR count). The van der Waals surface area contributed by atoms with Crippen molar-refractivity contribution in [3.63, 3.8) is 0 Å². The van der Waals surface area contributed by atoms with Crippen LogP contribution in [-0.2, 0) is 13.1 Å². The molecule has 2 aromatic carbocycles. The zero-order chi connectivity index (χ0) is 16.8. The smallest absolute Gasteiger partial charge is 0.335 e. The van der Waals surface area contributed by atoms with Crippen LogP contribution in [0.15, 0.2) is 54.6 Å². The third-order valence-electron chi connectivity index (χ3n) is 4.54. The summed E-state index contributed by atoms with van der Waals surface area (Å²) in [5, 5.41) is 8.97. The van der Waals surface area contributed by atoms with Gasteiger partial charge in [0.2, 0.25) is 0 Å². The van der Waals surface area contributed by atoms with Crippen LogP contribution >= 0.6 is 0 Å². The van der Waals surface area contributed by atoms with Gasteiger partial charge in [-0.05, 0) is 42.8 Å². The molecule has 0 unspecified atom stereocenters. The molecule has 1 aliphatic heterocycles. The predicted molar refractivity (Wildman–Crippen MR) is 95.0 cm³/mol. The van der Waals surface area contributed by atoms with Gasteiger partial charge in [0.15, 0.2) is 0 Å². The Morgan fingerprint density at radius 2 is 1.33 bits per heavy atom. The van der Waals surface area contributed by atoms with Crippen molar-refractivity contribution in [2.24, 2.45) is 0 Å². The Labute approximate surface area is 143 Å². The fourth-order valence-corrected chi connectivity index (χ4v) is 3.19. The Balaban J connectivity index is 1.52. The maximum absolute atomic E-state index is 10.9. The van der Waals surface area contributed by atoms with Crippen LogP contribution in [0.2, 0.25) is 0 Å². The van der Waals surface area contributed by atoms with Crippen LogP contribution in [0.1, 0.15) is 27.9 Å². The molecule has 0 saturated carbocycles. The SMILES string of the molecule is O=C(O)c1ccc(CN2CCCN(Cc3ccccc3)CC2)cc1. The lowest BCUT2D eigenvalue weighted by molar-refractivity contribution is 0.0697. The zero-order valence-electron chi connectivity index (χ0n) is 13.9. The minimum Gasteiger partial charge on any atom is -0.478 e. The van der Waals surface area contributed by atoms with E-state index < -0.39 is 5.97 Å². The molecule has 0 bridgehead atoms. The summed E-state index contributed by atoms with van der Waals surface area (Å²) >= 11 is 0. The van der Waals surface area contributed by atoms with Crippen LogP contribution in [0, 0.1) is 0 Å². The molecule has 126 valence electrons. The van der Waals surface area contributed by atoms with E-state index >= 15 is 0 Å². The highest BCUT2D eigenvalue weighted by atomic mass is 16.4. The molecule has 4 heteroatoms. The molecule has 0 spiro atoms. The van der Waals surface area contributed by atoms with E-state index in [0.717, 1.165) is 39.3 Å². The molecule has 1 aliphatic rings. The zero-order valence-corrected chi connectivity index (χ0v) is 13.9. The van der Waals surface area contributed by atoms with Crippen LogP contribution < -0.4 is 0 Å². The molecule has 0 amide bonds. The summed E-state index contributed by atoms with van der Waals surface area (Å²) < 4.78 is 0. The van der Waals surface area contributed by atoms with E-state index in [1.165, 1.54) is 17.5 Å². The molecule has 0 atom stereocenters. The van der Waals surface area contributed by atoms with Crippen molar-refractivity contribution in [1.29, 1.82) is 0 Å². The van der Waals surface area contributed by atoms with Gasteiger partial charge in [-0.3, -0.25) is 9.80 Å². The summed E-state index contributed by atoms with van der Waals surface area (Å²) in [6.45, 7) is 6.24. The van der Waals surface area contributed by atoms with Gasteiger partial charge in [0.1, 0.15) is 0 Å². The molecule has 0 aliphatic carbocycles. The summed E-state index contributed by atoms with van der Waals surface area (Å²) in [6, 6.07) is 17.9. The number of nitrogens with zero attached hydrogens (tertiary/aromatic N) is 2. The van der Waals surface area contributed by atoms with Crippen LogP contribution in [0.25, 0.3) is 0 Å². The molecule has 1 saturated heterocycles. The van der Waals surface area contributed by atoms with Crippen LogP contribution in [0.5, 0.6) is 0 Å². The second kappa shape index (κ2) is 8.08. The third kappa shape index (κ3) is 4.66. The number of carboxylic acids is 1. The lowest BCUT2D eigenvalue weighted by atomic mass is 10.1. The number of rotatable bonds is 5.